The van der Waals surface area contributed by atoms with E-state index in [2.05, 4.69) is 5.32 Å². The van der Waals surface area contributed by atoms with E-state index in [9.17, 15) is 9.59 Å². The first-order valence-corrected chi connectivity index (χ1v) is 9.90. The molecule has 1 heterocycles. The monoisotopic (exact) mass is 396 g/mol. The minimum Gasteiger partial charge on any atom is -0.497 e. The molecule has 1 aliphatic rings. The number of hydrogen-bond acceptors (Lipinski definition) is 4. The Bertz CT molecular complexity index is 852. The van der Waals surface area contributed by atoms with Crippen LogP contribution in [0.15, 0.2) is 48.5 Å². The van der Waals surface area contributed by atoms with Crippen LogP contribution in [0.1, 0.15) is 24.0 Å². The normalized spacial score (nSPS) is 16.4. The van der Waals surface area contributed by atoms with Crippen LogP contribution in [0.25, 0.3) is 0 Å². The lowest BCUT2D eigenvalue weighted by Crippen LogP contribution is -2.45. The van der Waals surface area contributed by atoms with Gasteiger partial charge in [-0.05, 0) is 48.2 Å². The number of nitrogens with one attached hydrogen (secondary N) is 1. The third-order valence-electron chi connectivity index (χ3n) is 5.23. The van der Waals surface area contributed by atoms with E-state index in [1.165, 1.54) is 0 Å². The van der Waals surface area contributed by atoms with E-state index in [-0.39, 0.29) is 17.7 Å². The number of ether oxygens (including phenoxy) is 2. The summed E-state index contributed by atoms with van der Waals surface area (Å²) in [6, 6.07) is 15.5. The Kier molecular flexibility index (Phi) is 7.11. The summed E-state index contributed by atoms with van der Waals surface area (Å²) in [7, 11) is 3.26. The van der Waals surface area contributed by atoms with Crippen molar-refractivity contribution in [3.05, 3.63) is 59.7 Å². The fourth-order valence-corrected chi connectivity index (χ4v) is 3.58. The summed E-state index contributed by atoms with van der Waals surface area (Å²) in [5.41, 5.74) is 2.11. The zero-order valence-electron chi connectivity index (χ0n) is 17.0. The molecule has 0 radical (unpaired) electrons. The summed E-state index contributed by atoms with van der Waals surface area (Å²) >= 11 is 0. The summed E-state index contributed by atoms with van der Waals surface area (Å²) in [5, 5.41) is 3.02. The minimum atomic E-state index is -0.177. The molecule has 2 aromatic carbocycles. The molecule has 0 aromatic heterocycles. The number of benzene rings is 2. The van der Waals surface area contributed by atoms with Crippen LogP contribution in [0.2, 0.25) is 0 Å². The van der Waals surface area contributed by atoms with Crippen LogP contribution >= 0.6 is 0 Å². The summed E-state index contributed by atoms with van der Waals surface area (Å²) in [4.78, 5) is 26.7. The zero-order valence-corrected chi connectivity index (χ0v) is 17.0. The predicted octanol–water partition coefficient (Wildman–Crippen LogP) is 2.80. The van der Waals surface area contributed by atoms with Gasteiger partial charge < -0.3 is 19.7 Å². The Labute approximate surface area is 171 Å². The molecule has 6 heteroatoms. The van der Waals surface area contributed by atoms with E-state index in [0.29, 0.717) is 32.5 Å². The van der Waals surface area contributed by atoms with E-state index < -0.39 is 0 Å². The molecule has 154 valence electrons. The lowest BCUT2D eigenvalue weighted by Gasteiger charge is -2.32. The first-order chi connectivity index (χ1) is 14.1. The van der Waals surface area contributed by atoms with Crippen LogP contribution in [-0.2, 0) is 22.6 Å². The van der Waals surface area contributed by atoms with Crippen molar-refractivity contribution >= 4 is 11.8 Å². The molecule has 1 fully saturated rings. The number of carbonyl (C=O) groups is 2. The fourth-order valence-electron chi connectivity index (χ4n) is 3.58. The molecule has 29 heavy (non-hydrogen) atoms. The third-order valence-corrected chi connectivity index (χ3v) is 5.23. The van der Waals surface area contributed by atoms with Crippen LogP contribution in [0.4, 0.5) is 0 Å². The Morgan fingerprint density at radius 2 is 1.72 bits per heavy atom. The molecule has 3 rings (SSSR count). The summed E-state index contributed by atoms with van der Waals surface area (Å²) in [6.45, 7) is 1.50. The van der Waals surface area contributed by atoms with Crippen LogP contribution in [-0.4, -0.2) is 44.0 Å². The molecule has 0 bridgehead atoms. The van der Waals surface area contributed by atoms with Crippen LogP contribution in [0.5, 0.6) is 11.5 Å². The topological polar surface area (TPSA) is 67.9 Å². The van der Waals surface area contributed by atoms with Gasteiger partial charge in [0.15, 0.2) is 0 Å². The number of rotatable bonds is 8. The SMILES string of the molecule is COc1cccc(CCNC(=O)[C@@H]2CCC(=O)N(Cc3cccc(OC)c3)C2)c1. The van der Waals surface area contributed by atoms with Gasteiger partial charge in [-0.3, -0.25) is 9.59 Å². The molecule has 0 unspecified atom stereocenters. The van der Waals surface area contributed by atoms with Gasteiger partial charge in [0.25, 0.3) is 0 Å². The molecule has 0 spiro atoms. The maximum atomic E-state index is 12.6. The average Bonchev–Trinajstić information content (AvgIpc) is 2.75. The largest absolute Gasteiger partial charge is 0.497 e. The first-order valence-electron chi connectivity index (χ1n) is 9.90. The molecule has 1 saturated heterocycles. The smallest absolute Gasteiger partial charge is 0.224 e. The van der Waals surface area contributed by atoms with Gasteiger partial charge in [-0.25, -0.2) is 0 Å². The van der Waals surface area contributed by atoms with Crippen molar-refractivity contribution in [1.82, 2.24) is 10.2 Å². The van der Waals surface area contributed by atoms with Gasteiger partial charge in [0.05, 0.1) is 20.1 Å². The summed E-state index contributed by atoms with van der Waals surface area (Å²) in [5.74, 6) is 1.50. The van der Waals surface area contributed by atoms with Crippen molar-refractivity contribution in [3.8, 4) is 11.5 Å². The van der Waals surface area contributed by atoms with Crippen LogP contribution in [0.3, 0.4) is 0 Å². The molecular weight excluding hydrogens is 368 g/mol. The van der Waals surface area contributed by atoms with Crippen molar-refractivity contribution in [1.29, 1.82) is 0 Å². The van der Waals surface area contributed by atoms with Gasteiger partial charge in [0.2, 0.25) is 11.8 Å². The van der Waals surface area contributed by atoms with E-state index in [1.54, 1.807) is 19.1 Å². The zero-order chi connectivity index (χ0) is 20.6. The Morgan fingerprint density at radius 3 is 2.41 bits per heavy atom. The van der Waals surface area contributed by atoms with E-state index in [4.69, 9.17) is 9.47 Å². The fraction of sp³-hybridized carbons (Fsp3) is 0.391. The lowest BCUT2D eigenvalue weighted by molar-refractivity contribution is -0.138. The van der Waals surface area contributed by atoms with E-state index in [0.717, 1.165) is 29.0 Å². The Morgan fingerprint density at radius 1 is 1.07 bits per heavy atom. The van der Waals surface area contributed by atoms with E-state index in [1.807, 2.05) is 48.5 Å². The highest BCUT2D eigenvalue weighted by Gasteiger charge is 2.30. The maximum absolute atomic E-state index is 12.6. The molecule has 1 N–H and O–H groups in total. The quantitative estimate of drug-likeness (QED) is 0.745. The number of hydrogen-bond donors (Lipinski definition) is 1. The highest BCUT2D eigenvalue weighted by molar-refractivity contribution is 5.83. The molecular formula is C23H28N2O4. The lowest BCUT2D eigenvalue weighted by atomic mass is 9.96. The maximum Gasteiger partial charge on any atom is 0.224 e. The number of methoxy groups -OCH3 is 2. The van der Waals surface area contributed by atoms with Crippen molar-refractivity contribution < 1.29 is 19.1 Å². The second kappa shape index (κ2) is 9.96. The van der Waals surface area contributed by atoms with Crippen molar-refractivity contribution in [2.75, 3.05) is 27.3 Å². The minimum absolute atomic E-state index is 0.0102. The van der Waals surface area contributed by atoms with Gasteiger partial charge >= 0.3 is 0 Å². The van der Waals surface area contributed by atoms with Crippen LogP contribution < -0.4 is 14.8 Å². The molecule has 6 nitrogen and oxygen atoms in total. The van der Waals surface area contributed by atoms with Crippen molar-refractivity contribution in [3.63, 3.8) is 0 Å². The number of carbonyl (C=O) groups excluding carboxylic acids is 2. The van der Waals surface area contributed by atoms with Gasteiger partial charge in [0, 0.05) is 26.1 Å². The number of nitrogens with zero attached hydrogens (tertiary/aromatic N) is 1. The molecule has 0 saturated carbocycles. The summed E-state index contributed by atoms with van der Waals surface area (Å²) < 4.78 is 10.5. The van der Waals surface area contributed by atoms with Crippen molar-refractivity contribution in [2.24, 2.45) is 5.92 Å². The number of amides is 2. The van der Waals surface area contributed by atoms with Gasteiger partial charge in [-0.15, -0.1) is 0 Å². The van der Waals surface area contributed by atoms with Gasteiger partial charge in [-0.2, -0.15) is 0 Å². The first kappa shape index (κ1) is 20.7. The standard InChI is InChI=1S/C23H28N2O4/c1-28-20-7-3-5-17(13-20)11-12-24-23(27)19-9-10-22(26)25(16-19)15-18-6-4-8-21(14-18)29-2/h3-8,13-14,19H,9-12,15-16H2,1-2H3,(H,24,27)/t19-/m1/s1. The van der Waals surface area contributed by atoms with Gasteiger partial charge in [0.1, 0.15) is 11.5 Å². The second-order valence-electron chi connectivity index (χ2n) is 7.25. The molecule has 1 atom stereocenters. The second-order valence-corrected chi connectivity index (χ2v) is 7.25. The molecule has 0 aliphatic carbocycles. The van der Waals surface area contributed by atoms with Crippen molar-refractivity contribution in [2.45, 2.75) is 25.8 Å². The Hall–Kier alpha value is -3.02. The average molecular weight is 396 g/mol. The molecule has 1 aliphatic heterocycles. The highest BCUT2D eigenvalue weighted by atomic mass is 16.5. The predicted molar refractivity (Wildman–Crippen MR) is 111 cm³/mol. The molecule has 2 aromatic rings. The van der Waals surface area contributed by atoms with Gasteiger partial charge in [-0.1, -0.05) is 24.3 Å². The molecule has 2 amide bonds. The van der Waals surface area contributed by atoms with Crippen LogP contribution in [0, 0.1) is 5.92 Å². The number of likely N-dealkylation sites (tertiary alicyclic amines) is 1. The third kappa shape index (κ3) is 5.73. The highest BCUT2D eigenvalue weighted by Crippen LogP contribution is 2.22. The number of piperidine rings is 1. The summed E-state index contributed by atoms with van der Waals surface area (Å²) in [6.07, 6.45) is 1.73. The van der Waals surface area contributed by atoms with E-state index >= 15 is 0 Å². The Balaban J connectivity index is 1.52.